The maximum absolute atomic E-state index is 11.9. The number of aryl methyl sites for hydroxylation is 1. The normalized spacial score (nSPS) is 10.3. The van der Waals surface area contributed by atoms with E-state index in [0.29, 0.717) is 12.1 Å². The van der Waals surface area contributed by atoms with Gasteiger partial charge in [-0.15, -0.1) is 11.3 Å². The molecule has 0 atom stereocenters. The summed E-state index contributed by atoms with van der Waals surface area (Å²) in [5, 5.41) is 15.3. The first kappa shape index (κ1) is 14.5. The summed E-state index contributed by atoms with van der Waals surface area (Å²) in [5.74, 6) is -0.311. The summed E-state index contributed by atoms with van der Waals surface area (Å²) in [6.07, 6.45) is 0. The Hall–Kier alpha value is -1.92. The lowest BCUT2D eigenvalue weighted by Gasteiger charge is -2.05. The second-order valence-corrected chi connectivity index (χ2v) is 5.54. The number of hydrogen-bond acceptors (Lipinski definition) is 4. The molecule has 0 radical (unpaired) electrons. The number of nitrogens with one attached hydrogen (secondary N) is 1. The molecule has 0 spiro atoms. The summed E-state index contributed by atoms with van der Waals surface area (Å²) in [4.78, 5) is 23.1. The number of carbonyl (C=O) groups excluding carboxylic acids is 1. The smallest absolute Gasteiger partial charge is 0.287 e. The molecule has 1 heterocycles. The molecule has 2 aromatic rings. The third-order valence-electron chi connectivity index (χ3n) is 2.78. The van der Waals surface area contributed by atoms with Gasteiger partial charge in [0.1, 0.15) is 5.02 Å². The molecule has 2 rings (SSSR count). The van der Waals surface area contributed by atoms with E-state index in [4.69, 9.17) is 11.6 Å². The fourth-order valence-electron chi connectivity index (χ4n) is 1.64. The number of rotatable bonds is 4. The van der Waals surface area contributed by atoms with E-state index in [0.717, 1.165) is 10.4 Å². The molecule has 0 unspecified atom stereocenters. The molecule has 1 N–H and O–H groups in total. The Morgan fingerprint density at radius 3 is 2.75 bits per heavy atom. The van der Waals surface area contributed by atoms with Crippen molar-refractivity contribution in [3.8, 4) is 0 Å². The van der Waals surface area contributed by atoms with E-state index >= 15 is 0 Å². The van der Waals surface area contributed by atoms with Crippen LogP contribution in [-0.2, 0) is 6.54 Å². The van der Waals surface area contributed by atoms with Gasteiger partial charge < -0.3 is 5.32 Å². The minimum absolute atomic E-state index is 0.0463. The first-order chi connectivity index (χ1) is 9.49. The van der Waals surface area contributed by atoms with Crippen molar-refractivity contribution < 1.29 is 9.72 Å². The average Bonchev–Trinajstić information content (AvgIpc) is 2.81. The zero-order valence-corrected chi connectivity index (χ0v) is 12.1. The van der Waals surface area contributed by atoms with Gasteiger partial charge in [0.2, 0.25) is 0 Å². The van der Waals surface area contributed by atoms with Gasteiger partial charge in [0.15, 0.2) is 0 Å². The van der Waals surface area contributed by atoms with Crippen molar-refractivity contribution in [2.24, 2.45) is 0 Å². The molecule has 0 aliphatic carbocycles. The lowest BCUT2D eigenvalue weighted by molar-refractivity contribution is -0.384. The fraction of sp³-hybridized carbons (Fsp3) is 0.154. The number of thiophene rings is 1. The molecular weight excluding hydrogens is 300 g/mol. The third kappa shape index (κ3) is 3.15. The molecule has 0 bridgehead atoms. The van der Waals surface area contributed by atoms with Crippen LogP contribution in [0.4, 0.5) is 5.69 Å². The molecule has 0 aliphatic heterocycles. The number of amides is 1. The number of halogens is 1. The molecule has 104 valence electrons. The van der Waals surface area contributed by atoms with Gasteiger partial charge in [0, 0.05) is 16.5 Å². The molecule has 7 heteroatoms. The summed E-state index contributed by atoms with van der Waals surface area (Å²) in [6, 6.07) is 5.90. The minimum atomic E-state index is -0.584. The van der Waals surface area contributed by atoms with Crippen LogP contribution in [0.25, 0.3) is 0 Å². The van der Waals surface area contributed by atoms with Crippen molar-refractivity contribution in [1.82, 2.24) is 5.32 Å². The van der Waals surface area contributed by atoms with E-state index in [9.17, 15) is 14.9 Å². The van der Waals surface area contributed by atoms with E-state index in [1.165, 1.54) is 18.2 Å². The van der Waals surface area contributed by atoms with Crippen molar-refractivity contribution in [2.75, 3.05) is 0 Å². The molecule has 20 heavy (non-hydrogen) atoms. The van der Waals surface area contributed by atoms with E-state index < -0.39 is 4.92 Å². The minimum Gasteiger partial charge on any atom is -0.347 e. The van der Waals surface area contributed by atoms with Gasteiger partial charge in [-0.25, -0.2) is 0 Å². The molecular formula is C13H11ClN2O3S. The van der Waals surface area contributed by atoms with E-state index in [1.807, 2.05) is 18.4 Å². The summed E-state index contributed by atoms with van der Waals surface area (Å²) in [5.41, 5.74) is 1.21. The Morgan fingerprint density at radius 2 is 2.20 bits per heavy atom. The van der Waals surface area contributed by atoms with Gasteiger partial charge in [-0.1, -0.05) is 11.6 Å². The summed E-state index contributed by atoms with van der Waals surface area (Å²) in [6.45, 7) is 2.40. The summed E-state index contributed by atoms with van der Waals surface area (Å²) >= 11 is 7.34. The van der Waals surface area contributed by atoms with E-state index in [-0.39, 0.29) is 16.6 Å². The highest BCUT2D eigenvalue weighted by Crippen LogP contribution is 2.25. The van der Waals surface area contributed by atoms with Crippen LogP contribution >= 0.6 is 22.9 Å². The number of nitrogens with zero attached hydrogens (tertiary/aromatic N) is 1. The number of benzene rings is 1. The molecule has 5 nitrogen and oxygen atoms in total. The topological polar surface area (TPSA) is 72.2 Å². The largest absolute Gasteiger partial charge is 0.347 e. The summed E-state index contributed by atoms with van der Waals surface area (Å²) in [7, 11) is 0. The van der Waals surface area contributed by atoms with Crippen LogP contribution in [0.3, 0.4) is 0 Å². The molecule has 0 saturated carbocycles. The molecule has 0 saturated heterocycles. The zero-order valence-electron chi connectivity index (χ0n) is 10.6. The zero-order chi connectivity index (χ0) is 14.7. The molecule has 1 aromatic heterocycles. The van der Waals surface area contributed by atoms with Gasteiger partial charge in [-0.05, 0) is 36.1 Å². The van der Waals surface area contributed by atoms with E-state index in [2.05, 4.69) is 5.32 Å². The molecule has 0 fully saturated rings. The Balaban J connectivity index is 2.08. The highest BCUT2D eigenvalue weighted by molar-refractivity contribution is 7.10. The Labute approximate surface area is 124 Å². The van der Waals surface area contributed by atoms with Crippen molar-refractivity contribution in [1.29, 1.82) is 0 Å². The second kappa shape index (κ2) is 6.02. The highest BCUT2D eigenvalue weighted by atomic mass is 35.5. The number of nitro groups is 1. The van der Waals surface area contributed by atoms with E-state index in [1.54, 1.807) is 11.3 Å². The maximum Gasteiger partial charge on any atom is 0.287 e. The van der Waals surface area contributed by atoms with Crippen LogP contribution in [0.15, 0.2) is 29.6 Å². The predicted octanol–water partition coefficient (Wildman–Crippen LogP) is 3.55. The van der Waals surface area contributed by atoms with Crippen LogP contribution in [0, 0.1) is 17.0 Å². The van der Waals surface area contributed by atoms with Crippen LogP contribution in [0.1, 0.15) is 20.8 Å². The monoisotopic (exact) mass is 310 g/mol. The van der Waals surface area contributed by atoms with Crippen molar-refractivity contribution in [3.63, 3.8) is 0 Å². The second-order valence-electron chi connectivity index (χ2n) is 4.13. The Bertz CT molecular complexity index is 669. The Kier molecular flexibility index (Phi) is 4.36. The third-order valence-corrected chi connectivity index (χ3v) is 4.11. The van der Waals surface area contributed by atoms with Gasteiger partial charge >= 0.3 is 0 Å². The van der Waals surface area contributed by atoms with Crippen molar-refractivity contribution in [2.45, 2.75) is 13.5 Å². The number of nitro benzene ring substituents is 1. The average molecular weight is 311 g/mol. The first-order valence-electron chi connectivity index (χ1n) is 5.74. The lowest BCUT2D eigenvalue weighted by Crippen LogP contribution is -2.22. The maximum atomic E-state index is 11.9. The Morgan fingerprint density at radius 1 is 1.45 bits per heavy atom. The quantitative estimate of drug-likeness (QED) is 0.693. The van der Waals surface area contributed by atoms with Crippen LogP contribution in [0.2, 0.25) is 5.02 Å². The fourth-order valence-corrected chi connectivity index (χ4v) is 2.74. The molecule has 1 amide bonds. The van der Waals surface area contributed by atoms with Crippen LogP contribution in [0.5, 0.6) is 0 Å². The lowest BCUT2D eigenvalue weighted by atomic mass is 10.2. The SMILES string of the molecule is Cc1ccsc1CNC(=O)c1ccc([N+](=O)[O-])c(Cl)c1. The van der Waals surface area contributed by atoms with Crippen molar-refractivity contribution in [3.05, 3.63) is 60.8 Å². The highest BCUT2D eigenvalue weighted by Gasteiger charge is 2.15. The van der Waals surface area contributed by atoms with Gasteiger partial charge in [-0.2, -0.15) is 0 Å². The first-order valence-corrected chi connectivity index (χ1v) is 7.00. The number of hydrogen-bond donors (Lipinski definition) is 1. The van der Waals surface area contributed by atoms with Crippen LogP contribution in [-0.4, -0.2) is 10.8 Å². The van der Waals surface area contributed by atoms with Gasteiger partial charge in [-0.3, -0.25) is 14.9 Å². The standard InChI is InChI=1S/C13H11ClN2O3S/c1-8-4-5-20-12(8)7-15-13(17)9-2-3-11(16(18)19)10(14)6-9/h2-6H,7H2,1H3,(H,15,17). The van der Waals surface area contributed by atoms with Gasteiger partial charge in [0.05, 0.1) is 11.5 Å². The van der Waals surface area contributed by atoms with Crippen molar-refractivity contribution >= 4 is 34.5 Å². The van der Waals surface area contributed by atoms with Gasteiger partial charge in [0.25, 0.3) is 11.6 Å². The number of carbonyl (C=O) groups is 1. The molecule has 0 aliphatic rings. The molecule has 1 aromatic carbocycles. The predicted molar refractivity (Wildman–Crippen MR) is 78.3 cm³/mol. The summed E-state index contributed by atoms with van der Waals surface area (Å²) < 4.78 is 0. The van der Waals surface area contributed by atoms with Crippen LogP contribution < -0.4 is 5.32 Å².